The highest BCUT2D eigenvalue weighted by molar-refractivity contribution is 6.24. The number of amides is 1. The molecule has 5 rings (SSSR count). The predicted molar refractivity (Wildman–Crippen MR) is 134 cm³/mol. The van der Waals surface area contributed by atoms with E-state index in [1.807, 2.05) is 43.3 Å². The Hall–Kier alpha value is -3.95. The molecule has 0 saturated heterocycles. The molecule has 0 aliphatic heterocycles. The normalized spacial score (nSPS) is 25.2. The Balaban J connectivity index is 1.65. The summed E-state index contributed by atoms with van der Waals surface area (Å²) in [5.41, 5.74) is 5.04. The minimum absolute atomic E-state index is 0.00661. The van der Waals surface area contributed by atoms with Gasteiger partial charge in [0.2, 0.25) is 5.78 Å². The summed E-state index contributed by atoms with van der Waals surface area (Å²) < 4.78 is 0. The molecule has 3 aliphatic carbocycles. The maximum absolute atomic E-state index is 13.7. The highest BCUT2D eigenvalue weighted by atomic mass is 16.3. The fourth-order valence-corrected chi connectivity index (χ4v) is 6.09. The van der Waals surface area contributed by atoms with Gasteiger partial charge in [0, 0.05) is 24.5 Å². The summed E-state index contributed by atoms with van der Waals surface area (Å²) in [5, 5.41) is 43.5. The molecule has 1 amide bonds. The lowest BCUT2D eigenvalue weighted by Gasteiger charge is -2.45. The van der Waals surface area contributed by atoms with Crippen LogP contribution < -0.4 is 5.73 Å². The van der Waals surface area contributed by atoms with E-state index in [4.69, 9.17) is 5.73 Å². The molecule has 2 aromatic carbocycles. The van der Waals surface area contributed by atoms with E-state index in [9.17, 15) is 34.8 Å². The number of carbonyl (C=O) groups excluding carboxylic acids is 3. The monoisotopic (exact) mass is 504 g/mol. The minimum atomic E-state index is -2.57. The smallest absolute Gasteiger partial charge is 0.255 e. The number of benzene rings is 2. The molecule has 3 atom stereocenters. The average Bonchev–Trinajstić information content (AvgIpc) is 2.81. The zero-order valence-corrected chi connectivity index (χ0v) is 20.5. The second-order valence-electron chi connectivity index (χ2n) is 10.3. The van der Waals surface area contributed by atoms with Crippen molar-refractivity contribution in [2.24, 2.45) is 17.6 Å². The fraction of sp³-hybridized carbons (Fsp3) is 0.321. The van der Waals surface area contributed by atoms with Crippen LogP contribution in [0.2, 0.25) is 0 Å². The zero-order chi connectivity index (χ0) is 26.8. The third-order valence-electron chi connectivity index (χ3n) is 7.68. The number of rotatable bonds is 4. The number of Topliss-reactive ketones (excluding diaryl/α,β-unsaturated/α-hetero) is 2. The summed E-state index contributed by atoms with van der Waals surface area (Å²) >= 11 is 0. The van der Waals surface area contributed by atoms with Gasteiger partial charge in [0.1, 0.15) is 22.8 Å². The number of nitrogens with two attached hydrogens (primary N) is 1. The molecule has 9 heteroatoms. The van der Waals surface area contributed by atoms with Gasteiger partial charge in [-0.1, -0.05) is 24.3 Å². The fourth-order valence-electron chi connectivity index (χ4n) is 6.09. The first-order valence-electron chi connectivity index (χ1n) is 12.0. The Morgan fingerprint density at radius 2 is 1.84 bits per heavy atom. The van der Waals surface area contributed by atoms with Crippen LogP contribution in [-0.2, 0) is 22.6 Å². The summed E-state index contributed by atoms with van der Waals surface area (Å²) in [6.07, 6.45) is 0.101. The van der Waals surface area contributed by atoms with Crippen molar-refractivity contribution in [2.45, 2.75) is 31.4 Å². The highest BCUT2D eigenvalue weighted by Gasteiger charge is 2.59. The molecular weight excluding hydrogens is 476 g/mol. The van der Waals surface area contributed by atoms with E-state index in [1.165, 1.54) is 6.07 Å². The molecule has 0 aromatic heterocycles. The van der Waals surface area contributed by atoms with Crippen LogP contribution in [0, 0.1) is 11.8 Å². The standard InChI is InChI=1S/C28H28N2O7/c1-30(2)12-13-4-3-5-14(8-13)17-6-7-19(31)22-18(17)10-15-9-16-11-20(32)23(27(29)36)26(35)28(16,37)25(34)21(15)24(22)33/h3-8,15-16,31-32,34,37H,9-12H2,1-2H3,(H2,29,36)/t15-,16+,28+/m1/s1. The van der Waals surface area contributed by atoms with Crippen molar-refractivity contribution in [1.82, 2.24) is 4.90 Å². The van der Waals surface area contributed by atoms with Gasteiger partial charge >= 0.3 is 0 Å². The number of phenols is 1. The van der Waals surface area contributed by atoms with E-state index < -0.39 is 52.0 Å². The van der Waals surface area contributed by atoms with Crippen molar-refractivity contribution in [3.8, 4) is 16.9 Å². The Morgan fingerprint density at radius 3 is 2.51 bits per heavy atom. The number of phenolic OH excluding ortho intramolecular Hbond substituents is 1. The summed E-state index contributed by atoms with van der Waals surface area (Å²) in [5.74, 6) is -6.35. The van der Waals surface area contributed by atoms with Gasteiger partial charge in [-0.2, -0.15) is 0 Å². The second kappa shape index (κ2) is 8.57. The van der Waals surface area contributed by atoms with Crippen molar-refractivity contribution >= 4 is 17.5 Å². The van der Waals surface area contributed by atoms with E-state index in [0.717, 1.165) is 23.2 Å². The molecule has 6 N–H and O–H groups in total. The Kier molecular flexibility index (Phi) is 5.73. The first kappa shape index (κ1) is 24.7. The topological polar surface area (TPSA) is 161 Å². The lowest BCUT2D eigenvalue weighted by molar-refractivity contribution is -0.144. The van der Waals surface area contributed by atoms with Crippen molar-refractivity contribution in [3.63, 3.8) is 0 Å². The van der Waals surface area contributed by atoms with Crippen molar-refractivity contribution in [1.29, 1.82) is 0 Å². The number of aromatic hydroxyl groups is 1. The lowest BCUT2D eigenvalue weighted by Crippen LogP contribution is -2.57. The van der Waals surface area contributed by atoms with Crippen molar-refractivity contribution < 1.29 is 34.8 Å². The largest absolute Gasteiger partial charge is 0.511 e. The minimum Gasteiger partial charge on any atom is -0.511 e. The van der Waals surface area contributed by atoms with Gasteiger partial charge in [-0.05, 0) is 67.2 Å². The predicted octanol–water partition coefficient (Wildman–Crippen LogP) is 2.31. The van der Waals surface area contributed by atoms with Crippen LogP contribution in [0.1, 0.15) is 34.3 Å². The molecular formula is C28H28N2O7. The van der Waals surface area contributed by atoms with Crippen LogP contribution in [0.5, 0.6) is 5.75 Å². The number of fused-ring (bicyclic) bond motifs is 3. The van der Waals surface area contributed by atoms with E-state index in [1.54, 1.807) is 6.07 Å². The van der Waals surface area contributed by atoms with Gasteiger partial charge < -0.3 is 31.1 Å². The van der Waals surface area contributed by atoms with Crippen molar-refractivity contribution in [2.75, 3.05) is 14.1 Å². The summed E-state index contributed by atoms with van der Waals surface area (Å²) in [4.78, 5) is 40.6. The summed E-state index contributed by atoms with van der Waals surface area (Å²) in [6, 6.07) is 11.0. The van der Waals surface area contributed by atoms with Gasteiger partial charge in [-0.15, -0.1) is 0 Å². The first-order chi connectivity index (χ1) is 17.4. The van der Waals surface area contributed by atoms with Crippen molar-refractivity contribution in [3.05, 3.63) is 75.8 Å². The molecule has 0 unspecified atom stereocenters. The molecule has 0 saturated carbocycles. The van der Waals surface area contributed by atoms with Gasteiger partial charge in [0.25, 0.3) is 5.91 Å². The van der Waals surface area contributed by atoms with Crippen LogP contribution in [0.3, 0.4) is 0 Å². The molecule has 0 fully saturated rings. The van der Waals surface area contributed by atoms with Gasteiger partial charge in [0.05, 0.1) is 5.56 Å². The molecule has 9 nitrogen and oxygen atoms in total. The van der Waals surface area contributed by atoms with E-state index >= 15 is 0 Å². The third-order valence-corrected chi connectivity index (χ3v) is 7.68. The molecule has 37 heavy (non-hydrogen) atoms. The first-order valence-corrected chi connectivity index (χ1v) is 12.0. The lowest BCUT2D eigenvalue weighted by atomic mass is 9.60. The van der Waals surface area contributed by atoms with Gasteiger partial charge in [0.15, 0.2) is 11.4 Å². The molecule has 0 radical (unpaired) electrons. The van der Waals surface area contributed by atoms with Crippen LogP contribution >= 0.6 is 0 Å². The Morgan fingerprint density at radius 1 is 1.11 bits per heavy atom. The number of ketones is 2. The molecule has 0 heterocycles. The number of aliphatic hydroxyl groups is 3. The average molecular weight is 505 g/mol. The maximum Gasteiger partial charge on any atom is 0.255 e. The summed E-state index contributed by atoms with van der Waals surface area (Å²) in [7, 11) is 3.93. The number of hydrogen-bond acceptors (Lipinski definition) is 8. The third kappa shape index (κ3) is 3.65. The zero-order valence-electron chi connectivity index (χ0n) is 20.5. The number of hydrogen-bond donors (Lipinski definition) is 5. The second-order valence-corrected chi connectivity index (χ2v) is 10.3. The van der Waals surface area contributed by atoms with Crippen LogP contribution in [0.25, 0.3) is 11.1 Å². The summed E-state index contributed by atoms with van der Waals surface area (Å²) in [6.45, 7) is 0.717. The quantitative estimate of drug-likeness (QED) is 0.396. The molecule has 0 bridgehead atoms. The van der Waals surface area contributed by atoms with Crippen LogP contribution in [0.4, 0.5) is 0 Å². The number of nitrogens with zero attached hydrogens (tertiary/aromatic N) is 1. The van der Waals surface area contributed by atoms with E-state index in [2.05, 4.69) is 0 Å². The molecule has 192 valence electrons. The SMILES string of the molecule is CN(C)Cc1cccc(-c2ccc(O)c3c2C[C@H]2C[C@H]4CC(O)=C(C(N)=O)C(=O)[C@@]4(O)C(O)=C2C3=O)c1. The number of allylic oxidation sites excluding steroid dienone is 2. The molecule has 0 spiro atoms. The van der Waals surface area contributed by atoms with E-state index in [0.29, 0.717) is 5.56 Å². The van der Waals surface area contributed by atoms with Crippen LogP contribution in [0.15, 0.2) is 59.1 Å². The Labute approximate surface area is 213 Å². The highest BCUT2D eigenvalue weighted by Crippen LogP contribution is 2.52. The molecule has 2 aromatic rings. The number of aliphatic hydroxyl groups excluding tert-OH is 2. The number of carbonyl (C=O) groups is 3. The van der Waals surface area contributed by atoms with E-state index in [-0.39, 0.29) is 36.1 Å². The molecule has 3 aliphatic rings. The van der Waals surface area contributed by atoms with Gasteiger partial charge in [-0.3, -0.25) is 14.4 Å². The van der Waals surface area contributed by atoms with Crippen LogP contribution in [-0.4, -0.2) is 62.5 Å². The van der Waals surface area contributed by atoms with Gasteiger partial charge in [-0.25, -0.2) is 0 Å². The Bertz CT molecular complexity index is 1440. The number of primary amides is 1. The maximum atomic E-state index is 13.7.